The maximum atomic E-state index is 12.5. The summed E-state index contributed by atoms with van der Waals surface area (Å²) < 4.78 is 0. The Morgan fingerprint density at radius 2 is 1.57 bits per heavy atom. The monoisotopic (exact) mass is 310 g/mol. The van der Waals surface area contributed by atoms with Gasteiger partial charge in [0.25, 0.3) is 0 Å². The van der Waals surface area contributed by atoms with E-state index in [1.54, 1.807) is 11.9 Å². The highest BCUT2D eigenvalue weighted by Gasteiger charge is 2.19. The van der Waals surface area contributed by atoms with Crippen molar-refractivity contribution in [2.24, 2.45) is 0 Å². The molecule has 0 spiro atoms. The summed E-state index contributed by atoms with van der Waals surface area (Å²) in [4.78, 5) is 25.6. The van der Waals surface area contributed by atoms with Crippen LogP contribution in [0.1, 0.15) is 30.5 Å². The number of nitrogens with zero attached hydrogens (tertiary/aromatic N) is 1. The summed E-state index contributed by atoms with van der Waals surface area (Å²) in [5.41, 5.74) is 2.02. The van der Waals surface area contributed by atoms with E-state index in [2.05, 4.69) is 5.32 Å². The highest BCUT2D eigenvalue weighted by Crippen LogP contribution is 2.18. The smallest absolute Gasteiger partial charge is 0.225 e. The maximum Gasteiger partial charge on any atom is 0.225 e. The Morgan fingerprint density at radius 1 is 1.00 bits per heavy atom. The Kier molecular flexibility index (Phi) is 5.92. The Balaban J connectivity index is 2.03. The van der Waals surface area contributed by atoms with Crippen molar-refractivity contribution in [2.45, 2.75) is 25.9 Å². The molecule has 0 bridgehead atoms. The Hall–Kier alpha value is -2.62. The molecule has 2 aromatic rings. The van der Waals surface area contributed by atoms with Crippen LogP contribution in [0.4, 0.5) is 0 Å². The molecular weight excluding hydrogens is 288 g/mol. The van der Waals surface area contributed by atoms with Crippen molar-refractivity contribution >= 4 is 11.8 Å². The Bertz CT molecular complexity index is 641. The average Bonchev–Trinajstić information content (AvgIpc) is 2.55. The zero-order chi connectivity index (χ0) is 16.7. The van der Waals surface area contributed by atoms with Crippen molar-refractivity contribution < 1.29 is 9.59 Å². The molecule has 1 atom stereocenters. The van der Waals surface area contributed by atoms with Crippen molar-refractivity contribution in [1.82, 2.24) is 10.2 Å². The standard InChI is InChI=1S/C19H22N2O2/c1-15(22)20-18(17-11-7-4-8-12-17)13-19(23)21(2)14-16-9-5-3-6-10-16/h3-12,18H,13-14H2,1-2H3,(H,20,22). The van der Waals surface area contributed by atoms with Gasteiger partial charge in [0.1, 0.15) is 0 Å². The fourth-order valence-electron chi connectivity index (χ4n) is 2.46. The summed E-state index contributed by atoms with van der Waals surface area (Å²) in [5.74, 6) is -0.145. The second-order valence-corrected chi connectivity index (χ2v) is 5.60. The van der Waals surface area contributed by atoms with Crippen molar-refractivity contribution in [2.75, 3.05) is 7.05 Å². The van der Waals surface area contributed by atoms with E-state index in [9.17, 15) is 9.59 Å². The molecule has 23 heavy (non-hydrogen) atoms. The highest BCUT2D eigenvalue weighted by atomic mass is 16.2. The summed E-state index contributed by atoms with van der Waals surface area (Å²) in [6, 6.07) is 19.1. The van der Waals surface area contributed by atoms with Crippen LogP contribution in [0.3, 0.4) is 0 Å². The molecule has 0 saturated carbocycles. The minimum absolute atomic E-state index is 0.00328. The fraction of sp³-hybridized carbons (Fsp3) is 0.263. The third kappa shape index (κ3) is 5.25. The number of carbonyl (C=O) groups is 2. The number of carbonyl (C=O) groups excluding carboxylic acids is 2. The number of benzene rings is 2. The van der Waals surface area contributed by atoms with Crippen LogP contribution in [0.25, 0.3) is 0 Å². The normalized spacial score (nSPS) is 11.6. The largest absolute Gasteiger partial charge is 0.349 e. The van der Waals surface area contributed by atoms with Gasteiger partial charge in [-0.3, -0.25) is 9.59 Å². The van der Waals surface area contributed by atoms with E-state index >= 15 is 0 Å². The molecule has 0 aliphatic heterocycles. The number of hydrogen-bond donors (Lipinski definition) is 1. The lowest BCUT2D eigenvalue weighted by Gasteiger charge is -2.22. The minimum Gasteiger partial charge on any atom is -0.349 e. The van der Waals surface area contributed by atoms with E-state index in [4.69, 9.17) is 0 Å². The van der Waals surface area contributed by atoms with Crippen LogP contribution in [0, 0.1) is 0 Å². The first-order valence-electron chi connectivity index (χ1n) is 7.66. The first-order valence-corrected chi connectivity index (χ1v) is 7.66. The topological polar surface area (TPSA) is 49.4 Å². The second kappa shape index (κ2) is 8.13. The fourth-order valence-corrected chi connectivity index (χ4v) is 2.46. The Labute approximate surface area is 137 Å². The lowest BCUT2D eigenvalue weighted by Crippen LogP contribution is -2.33. The summed E-state index contributed by atoms with van der Waals surface area (Å²) in [6.07, 6.45) is 0.243. The molecule has 0 aliphatic carbocycles. The molecule has 120 valence electrons. The molecule has 4 heteroatoms. The third-order valence-electron chi connectivity index (χ3n) is 3.65. The molecule has 2 amide bonds. The molecule has 0 heterocycles. The second-order valence-electron chi connectivity index (χ2n) is 5.60. The van der Waals surface area contributed by atoms with Gasteiger partial charge in [0.2, 0.25) is 11.8 Å². The van der Waals surface area contributed by atoms with Crippen LogP contribution in [0.2, 0.25) is 0 Å². The summed E-state index contributed by atoms with van der Waals surface area (Å²) in [7, 11) is 1.78. The lowest BCUT2D eigenvalue weighted by molar-refractivity contribution is -0.131. The van der Waals surface area contributed by atoms with Gasteiger partial charge in [-0.25, -0.2) is 0 Å². The number of nitrogens with one attached hydrogen (secondary N) is 1. The van der Waals surface area contributed by atoms with Gasteiger partial charge >= 0.3 is 0 Å². The van der Waals surface area contributed by atoms with Crippen molar-refractivity contribution in [3.8, 4) is 0 Å². The van der Waals surface area contributed by atoms with E-state index in [0.717, 1.165) is 11.1 Å². The van der Waals surface area contributed by atoms with Gasteiger partial charge in [-0.1, -0.05) is 60.7 Å². The van der Waals surface area contributed by atoms with Crippen molar-refractivity contribution in [3.63, 3.8) is 0 Å². The predicted molar refractivity (Wildman–Crippen MR) is 90.5 cm³/mol. The first-order chi connectivity index (χ1) is 11.1. The van der Waals surface area contributed by atoms with E-state index in [-0.39, 0.29) is 24.3 Å². The summed E-state index contributed by atoms with van der Waals surface area (Å²) in [6.45, 7) is 2.02. The van der Waals surface area contributed by atoms with Gasteiger partial charge in [-0.2, -0.15) is 0 Å². The number of rotatable bonds is 6. The zero-order valence-corrected chi connectivity index (χ0v) is 13.5. The molecule has 2 rings (SSSR count). The molecule has 0 fully saturated rings. The number of hydrogen-bond acceptors (Lipinski definition) is 2. The van der Waals surface area contributed by atoms with Gasteiger partial charge in [-0.15, -0.1) is 0 Å². The molecule has 0 aliphatic rings. The van der Waals surface area contributed by atoms with Crippen LogP contribution >= 0.6 is 0 Å². The van der Waals surface area contributed by atoms with E-state index < -0.39 is 0 Å². The molecule has 0 radical (unpaired) electrons. The van der Waals surface area contributed by atoms with Gasteiger partial charge in [0.05, 0.1) is 12.5 Å². The molecule has 0 aromatic heterocycles. The molecular formula is C19H22N2O2. The van der Waals surface area contributed by atoms with E-state index in [1.165, 1.54) is 6.92 Å². The van der Waals surface area contributed by atoms with Crippen LogP contribution in [0.15, 0.2) is 60.7 Å². The van der Waals surface area contributed by atoms with Crippen LogP contribution in [-0.2, 0) is 16.1 Å². The molecule has 4 nitrogen and oxygen atoms in total. The first kappa shape index (κ1) is 16.7. The van der Waals surface area contributed by atoms with Crippen molar-refractivity contribution in [3.05, 3.63) is 71.8 Å². The van der Waals surface area contributed by atoms with Crippen LogP contribution < -0.4 is 5.32 Å². The SMILES string of the molecule is CC(=O)NC(CC(=O)N(C)Cc1ccccc1)c1ccccc1. The maximum absolute atomic E-state index is 12.5. The minimum atomic E-state index is -0.306. The quantitative estimate of drug-likeness (QED) is 0.892. The van der Waals surface area contributed by atoms with E-state index in [1.807, 2.05) is 60.7 Å². The van der Waals surface area contributed by atoms with Gasteiger partial charge in [-0.05, 0) is 11.1 Å². The Morgan fingerprint density at radius 3 is 2.13 bits per heavy atom. The lowest BCUT2D eigenvalue weighted by atomic mass is 10.0. The van der Waals surface area contributed by atoms with E-state index in [0.29, 0.717) is 6.54 Å². The van der Waals surface area contributed by atoms with Crippen LogP contribution in [-0.4, -0.2) is 23.8 Å². The molecule has 1 unspecified atom stereocenters. The van der Waals surface area contributed by atoms with Crippen LogP contribution in [0.5, 0.6) is 0 Å². The predicted octanol–water partition coefficient (Wildman–Crippen LogP) is 2.91. The van der Waals surface area contributed by atoms with Gasteiger partial charge < -0.3 is 10.2 Å². The summed E-state index contributed by atoms with van der Waals surface area (Å²) in [5, 5.41) is 2.86. The summed E-state index contributed by atoms with van der Waals surface area (Å²) >= 11 is 0. The zero-order valence-electron chi connectivity index (χ0n) is 13.5. The van der Waals surface area contributed by atoms with Gasteiger partial charge in [0.15, 0.2) is 0 Å². The average molecular weight is 310 g/mol. The number of amides is 2. The third-order valence-corrected chi connectivity index (χ3v) is 3.65. The van der Waals surface area contributed by atoms with Gasteiger partial charge in [0, 0.05) is 20.5 Å². The molecule has 2 aromatic carbocycles. The van der Waals surface area contributed by atoms with Crippen molar-refractivity contribution in [1.29, 1.82) is 0 Å². The molecule has 1 N–H and O–H groups in total. The molecule has 0 saturated heterocycles. The highest BCUT2D eigenvalue weighted by molar-refractivity contribution is 5.79.